The molecule has 2 aliphatic rings. The maximum atomic E-state index is 11.6. The first kappa shape index (κ1) is 15.8. The number of anilines is 1. The van der Waals surface area contributed by atoms with Crippen LogP contribution in [0.2, 0.25) is 0 Å². The molecule has 6 heteroatoms. The minimum absolute atomic E-state index is 0.318. The van der Waals surface area contributed by atoms with Crippen molar-refractivity contribution in [2.24, 2.45) is 0 Å². The lowest BCUT2D eigenvalue weighted by molar-refractivity contribution is -0.127. The molecule has 0 radical (unpaired) electrons. The standard InChI is InChI=1S/C17H23N5O/c18-14-15-4-5-19-16(13-15)21-11-9-20(10-12-21)6-2-8-22-7-1-3-17(22)23/h4-5,13H,1-3,6-12H2. The monoisotopic (exact) mass is 313 g/mol. The van der Waals surface area contributed by atoms with Crippen LogP contribution in [0.5, 0.6) is 0 Å². The average Bonchev–Trinajstić information content (AvgIpc) is 3.01. The van der Waals surface area contributed by atoms with Gasteiger partial charge in [-0.3, -0.25) is 9.69 Å². The Balaban J connectivity index is 1.41. The molecule has 0 aliphatic carbocycles. The molecule has 3 heterocycles. The van der Waals surface area contributed by atoms with Gasteiger partial charge in [0.2, 0.25) is 5.91 Å². The lowest BCUT2D eigenvalue weighted by Gasteiger charge is -2.35. The van der Waals surface area contributed by atoms with E-state index in [9.17, 15) is 4.79 Å². The van der Waals surface area contributed by atoms with E-state index in [1.54, 1.807) is 12.3 Å². The third-order valence-electron chi connectivity index (χ3n) is 4.64. The van der Waals surface area contributed by atoms with Gasteiger partial charge in [0.1, 0.15) is 5.82 Å². The van der Waals surface area contributed by atoms with Crippen LogP contribution in [0.15, 0.2) is 18.3 Å². The van der Waals surface area contributed by atoms with Crippen LogP contribution in [0.3, 0.4) is 0 Å². The van der Waals surface area contributed by atoms with Gasteiger partial charge >= 0.3 is 0 Å². The van der Waals surface area contributed by atoms with Gasteiger partial charge in [0.25, 0.3) is 0 Å². The third-order valence-corrected chi connectivity index (χ3v) is 4.64. The van der Waals surface area contributed by atoms with E-state index in [0.29, 0.717) is 11.5 Å². The smallest absolute Gasteiger partial charge is 0.222 e. The molecule has 2 fully saturated rings. The molecule has 122 valence electrons. The second kappa shape index (κ2) is 7.42. The van der Waals surface area contributed by atoms with E-state index in [2.05, 4.69) is 20.9 Å². The van der Waals surface area contributed by atoms with Crippen LogP contribution >= 0.6 is 0 Å². The Bertz CT molecular complexity index is 589. The van der Waals surface area contributed by atoms with Crippen LogP contribution < -0.4 is 4.90 Å². The summed E-state index contributed by atoms with van der Waals surface area (Å²) in [5.74, 6) is 1.21. The van der Waals surface area contributed by atoms with Crippen LogP contribution in [-0.2, 0) is 4.79 Å². The first-order valence-electron chi connectivity index (χ1n) is 8.37. The van der Waals surface area contributed by atoms with Crippen LogP contribution in [0.1, 0.15) is 24.8 Å². The van der Waals surface area contributed by atoms with Crippen LogP contribution in [0.4, 0.5) is 5.82 Å². The molecule has 2 saturated heterocycles. The number of rotatable bonds is 5. The molecule has 0 spiro atoms. The number of likely N-dealkylation sites (tertiary alicyclic amines) is 1. The fourth-order valence-corrected chi connectivity index (χ4v) is 3.29. The van der Waals surface area contributed by atoms with Gasteiger partial charge in [0, 0.05) is 51.9 Å². The number of pyridine rings is 1. The molecule has 1 aromatic heterocycles. The number of nitriles is 1. The minimum atomic E-state index is 0.318. The highest BCUT2D eigenvalue weighted by atomic mass is 16.2. The van der Waals surface area contributed by atoms with Gasteiger partial charge < -0.3 is 9.80 Å². The Morgan fingerprint density at radius 2 is 2.00 bits per heavy atom. The number of carbonyl (C=O) groups excluding carboxylic acids is 1. The third kappa shape index (κ3) is 3.99. The van der Waals surface area contributed by atoms with E-state index in [1.165, 1.54) is 0 Å². The van der Waals surface area contributed by atoms with Crippen molar-refractivity contribution in [3.05, 3.63) is 23.9 Å². The van der Waals surface area contributed by atoms with Crippen molar-refractivity contribution >= 4 is 11.7 Å². The summed E-state index contributed by atoms with van der Waals surface area (Å²) >= 11 is 0. The number of aromatic nitrogens is 1. The molecule has 0 N–H and O–H groups in total. The van der Waals surface area contributed by atoms with E-state index in [4.69, 9.17) is 5.26 Å². The highest BCUT2D eigenvalue weighted by Crippen LogP contribution is 2.15. The molecular weight excluding hydrogens is 290 g/mol. The molecule has 1 amide bonds. The van der Waals surface area contributed by atoms with E-state index in [-0.39, 0.29) is 0 Å². The van der Waals surface area contributed by atoms with Gasteiger partial charge in [0.15, 0.2) is 0 Å². The van der Waals surface area contributed by atoms with Gasteiger partial charge in [-0.15, -0.1) is 0 Å². The highest BCUT2D eigenvalue weighted by molar-refractivity contribution is 5.77. The Hall–Kier alpha value is -2.13. The highest BCUT2D eigenvalue weighted by Gasteiger charge is 2.21. The Morgan fingerprint density at radius 3 is 2.70 bits per heavy atom. The topological polar surface area (TPSA) is 63.5 Å². The minimum Gasteiger partial charge on any atom is -0.354 e. The molecule has 6 nitrogen and oxygen atoms in total. The summed E-state index contributed by atoms with van der Waals surface area (Å²) < 4.78 is 0. The number of carbonyl (C=O) groups is 1. The normalized spacial score (nSPS) is 19.2. The summed E-state index contributed by atoms with van der Waals surface area (Å²) in [6.45, 7) is 6.76. The summed E-state index contributed by atoms with van der Waals surface area (Å²) in [6, 6.07) is 5.76. The molecule has 2 aliphatic heterocycles. The summed E-state index contributed by atoms with van der Waals surface area (Å²) in [5, 5.41) is 8.98. The molecule has 0 aromatic carbocycles. The number of amides is 1. The Kier molecular flexibility index (Phi) is 5.09. The summed E-state index contributed by atoms with van der Waals surface area (Å²) in [5.41, 5.74) is 0.660. The van der Waals surface area contributed by atoms with Crippen LogP contribution in [-0.4, -0.2) is 66.5 Å². The Labute approximate surface area is 137 Å². The lowest BCUT2D eigenvalue weighted by atomic mass is 10.2. The maximum Gasteiger partial charge on any atom is 0.222 e. The van der Waals surface area contributed by atoms with E-state index >= 15 is 0 Å². The summed E-state index contributed by atoms with van der Waals surface area (Å²) in [6.07, 6.45) is 4.50. The predicted octanol–water partition coefficient (Wildman–Crippen LogP) is 1.09. The number of hydrogen-bond donors (Lipinski definition) is 0. The van der Waals surface area contributed by atoms with Gasteiger partial charge in [-0.2, -0.15) is 5.26 Å². The quantitative estimate of drug-likeness (QED) is 0.814. The number of hydrogen-bond acceptors (Lipinski definition) is 5. The first-order chi connectivity index (χ1) is 11.3. The molecule has 0 unspecified atom stereocenters. The van der Waals surface area contributed by atoms with Gasteiger partial charge in [0.05, 0.1) is 11.6 Å². The van der Waals surface area contributed by atoms with Crippen molar-refractivity contribution in [2.75, 3.05) is 50.7 Å². The first-order valence-corrected chi connectivity index (χ1v) is 8.37. The summed E-state index contributed by atoms with van der Waals surface area (Å²) in [4.78, 5) is 22.6. The second-order valence-corrected chi connectivity index (χ2v) is 6.18. The van der Waals surface area contributed by atoms with Crippen LogP contribution in [0, 0.1) is 11.3 Å². The number of nitrogens with zero attached hydrogens (tertiary/aromatic N) is 5. The van der Waals surface area contributed by atoms with Gasteiger partial charge in [-0.05, 0) is 31.5 Å². The molecule has 23 heavy (non-hydrogen) atoms. The molecule has 0 saturated carbocycles. The SMILES string of the molecule is N#Cc1ccnc(N2CCN(CCCN3CCCC3=O)CC2)c1. The van der Waals surface area contributed by atoms with Crippen LogP contribution in [0.25, 0.3) is 0 Å². The molecule has 0 bridgehead atoms. The zero-order chi connectivity index (χ0) is 16.1. The van der Waals surface area contributed by atoms with Crippen molar-refractivity contribution in [1.82, 2.24) is 14.8 Å². The Morgan fingerprint density at radius 1 is 1.17 bits per heavy atom. The van der Waals surface area contributed by atoms with Crippen molar-refractivity contribution in [3.63, 3.8) is 0 Å². The van der Waals surface area contributed by atoms with E-state index in [1.807, 2.05) is 11.0 Å². The predicted molar refractivity (Wildman–Crippen MR) is 88.0 cm³/mol. The summed E-state index contributed by atoms with van der Waals surface area (Å²) in [7, 11) is 0. The molecule has 3 rings (SSSR count). The zero-order valence-electron chi connectivity index (χ0n) is 13.4. The molecule has 0 atom stereocenters. The maximum absolute atomic E-state index is 11.6. The van der Waals surface area contributed by atoms with Crippen molar-refractivity contribution < 1.29 is 4.79 Å². The fourth-order valence-electron chi connectivity index (χ4n) is 3.29. The lowest BCUT2D eigenvalue weighted by Crippen LogP contribution is -2.47. The molecule has 1 aromatic rings. The van der Waals surface area contributed by atoms with E-state index in [0.717, 1.165) is 70.9 Å². The van der Waals surface area contributed by atoms with Gasteiger partial charge in [-0.1, -0.05) is 0 Å². The van der Waals surface area contributed by atoms with Crippen molar-refractivity contribution in [2.45, 2.75) is 19.3 Å². The van der Waals surface area contributed by atoms with Crippen molar-refractivity contribution in [1.29, 1.82) is 5.26 Å². The number of piperazine rings is 1. The molecular formula is C17H23N5O. The zero-order valence-corrected chi connectivity index (χ0v) is 13.4. The average molecular weight is 313 g/mol. The second-order valence-electron chi connectivity index (χ2n) is 6.18. The van der Waals surface area contributed by atoms with E-state index < -0.39 is 0 Å². The van der Waals surface area contributed by atoms with Crippen molar-refractivity contribution in [3.8, 4) is 6.07 Å². The van der Waals surface area contributed by atoms with Gasteiger partial charge in [-0.25, -0.2) is 4.98 Å². The largest absolute Gasteiger partial charge is 0.354 e. The fraction of sp³-hybridized carbons (Fsp3) is 0.588.